The summed E-state index contributed by atoms with van der Waals surface area (Å²) in [5, 5.41) is 3.44. The maximum Gasteiger partial charge on any atom is 0.119 e. The molecule has 2 rings (SSSR count). The van der Waals surface area contributed by atoms with Gasteiger partial charge in [0.1, 0.15) is 11.5 Å². The first-order valence-electron chi connectivity index (χ1n) is 9.93. The van der Waals surface area contributed by atoms with Crippen molar-refractivity contribution < 1.29 is 9.47 Å². The average molecular weight is 356 g/mol. The number of hydrogen-bond donors (Lipinski definition) is 1. The lowest BCUT2D eigenvalue weighted by atomic mass is 10.2. The van der Waals surface area contributed by atoms with Crippen molar-refractivity contribution >= 4 is 5.69 Å². The summed E-state index contributed by atoms with van der Waals surface area (Å²) < 4.78 is 11.6. The molecule has 0 fully saturated rings. The fraction of sp³-hybridized carbons (Fsp3) is 0.478. The summed E-state index contributed by atoms with van der Waals surface area (Å²) in [5.74, 6) is 1.88. The number of ether oxygens (including phenoxy) is 2. The van der Waals surface area contributed by atoms with E-state index in [4.69, 9.17) is 9.47 Å². The zero-order chi connectivity index (χ0) is 18.6. The fourth-order valence-corrected chi connectivity index (χ4v) is 2.59. The van der Waals surface area contributed by atoms with E-state index in [2.05, 4.69) is 62.5 Å². The first-order valence-corrected chi connectivity index (χ1v) is 9.93. The zero-order valence-electron chi connectivity index (χ0n) is 16.5. The summed E-state index contributed by atoms with van der Waals surface area (Å²) in [4.78, 5) is 0. The van der Waals surface area contributed by atoms with Gasteiger partial charge >= 0.3 is 0 Å². The number of anilines is 1. The van der Waals surface area contributed by atoms with Gasteiger partial charge in [-0.15, -0.1) is 0 Å². The molecule has 1 unspecified atom stereocenters. The average Bonchev–Trinajstić information content (AvgIpc) is 2.68. The molecule has 0 heterocycles. The van der Waals surface area contributed by atoms with Crippen molar-refractivity contribution in [1.82, 2.24) is 0 Å². The third-order valence-corrected chi connectivity index (χ3v) is 4.45. The predicted octanol–water partition coefficient (Wildman–Crippen LogP) is 6.44. The van der Waals surface area contributed by atoms with Crippen molar-refractivity contribution in [3.05, 3.63) is 54.1 Å². The van der Waals surface area contributed by atoms with Crippen LogP contribution in [-0.4, -0.2) is 12.7 Å². The molecule has 0 spiro atoms. The van der Waals surface area contributed by atoms with E-state index in [0.717, 1.165) is 43.2 Å². The maximum absolute atomic E-state index is 5.81. The third kappa shape index (κ3) is 7.38. The minimum absolute atomic E-state index is 0.251. The monoisotopic (exact) mass is 355 g/mol. The minimum Gasteiger partial charge on any atom is -0.494 e. The van der Waals surface area contributed by atoms with E-state index < -0.39 is 0 Å². The number of nitrogens with one attached hydrogen (secondary N) is 1. The van der Waals surface area contributed by atoms with Gasteiger partial charge in [-0.2, -0.15) is 0 Å². The molecule has 0 aliphatic rings. The Balaban J connectivity index is 1.73. The molecule has 0 radical (unpaired) electrons. The van der Waals surface area contributed by atoms with Crippen molar-refractivity contribution in [2.45, 2.75) is 65.5 Å². The van der Waals surface area contributed by atoms with Crippen molar-refractivity contribution in [1.29, 1.82) is 0 Å². The SMILES string of the molecule is CCCCCCOc1ccc(CNc2ccc(OC(C)CC)cc2)cc1. The van der Waals surface area contributed by atoms with Gasteiger partial charge in [0.15, 0.2) is 0 Å². The lowest BCUT2D eigenvalue weighted by molar-refractivity contribution is 0.217. The van der Waals surface area contributed by atoms with Gasteiger partial charge in [0.05, 0.1) is 12.7 Å². The van der Waals surface area contributed by atoms with Crippen LogP contribution >= 0.6 is 0 Å². The third-order valence-electron chi connectivity index (χ3n) is 4.45. The van der Waals surface area contributed by atoms with E-state index >= 15 is 0 Å². The molecule has 1 N–H and O–H groups in total. The molecule has 2 aromatic carbocycles. The Morgan fingerprint density at radius 2 is 1.54 bits per heavy atom. The van der Waals surface area contributed by atoms with Crippen LogP contribution in [0.2, 0.25) is 0 Å². The smallest absolute Gasteiger partial charge is 0.119 e. The highest BCUT2D eigenvalue weighted by Gasteiger charge is 2.01. The van der Waals surface area contributed by atoms with E-state index in [0.29, 0.717) is 0 Å². The summed E-state index contributed by atoms with van der Waals surface area (Å²) in [5.41, 5.74) is 2.33. The molecule has 0 saturated carbocycles. The molecule has 2 aromatic rings. The van der Waals surface area contributed by atoms with E-state index in [-0.39, 0.29) is 6.10 Å². The molecular formula is C23H33NO2. The minimum atomic E-state index is 0.251. The van der Waals surface area contributed by atoms with Crippen LogP contribution in [0.1, 0.15) is 58.4 Å². The molecule has 0 aliphatic carbocycles. The molecule has 0 saturated heterocycles. The van der Waals surface area contributed by atoms with Crippen molar-refractivity contribution in [3.8, 4) is 11.5 Å². The summed E-state index contributed by atoms with van der Waals surface area (Å²) >= 11 is 0. The molecule has 0 amide bonds. The second kappa shape index (κ2) is 11.5. The van der Waals surface area contributed by atoms with E-state index in [9.17, 15) is 0 Å². The quantitative estimate of drug-likeness (QED) is 0.445. The van der Waals surface area contributed by atoms with Crippen LogP contribution in [0.5, 0.6) is 11.5 Å². The number of hydrogen-bond acceptors (Lipinski definition) is 3. The number of unbranched alkanes of at least 4 members (excludes halogenated alkanes) is 3. The summed E-state index contributed by atoms with van der Waals surface area (Å²) in [6.45, 7) is 8.04. The molecule has 26 heavy (non-hydrogen) atoms. The Morgan fingerprint density at radius 1 is 0.846 bits per heavy atom. The van der Waals surface area contributed by atoms with Gasteiger partial charge in [-0.3, -0.25) is 0 Å². The van der Waals surface area contributed by atoms with E-state index in [1.54, 1.807) is 0 Å². The second-order valence-electron chi connectivity index (χ2n) is 6.77. The molecule has 0 aromatic heterocycles. The Kier molecular flexibility index (Phi) is 8.88. The van der Waals surface area contributed by atoms with Crippen LogP contribution in [0.4, 0.5) is 5.69 Å². The second-order valence-corrected chi connectivity index (χ2v) is 6.77. The van der Waals surface area contributed by atoms with Gasteiger partial charge in [-0.25, -0.2) is 0 Å². The van der Waals surface area contributed by atoms with Crippen LogP contribution in [-0.2, 0) is 6.54 Å². The van der Waals surface area contributed by atoms with Crippen LogP contribution in [0.15, 0.2) is 48.5 Å². The molecule has 142 valence electrons. The predicted molar refractivity (Wildman–Crippen MR) is 110 cm³/mol. The first kappa shape index (κ1) is 20.2. The van der Waals surface area contributed by atoms with E-state index in [1.807, 2.05) is 12.1 Å². The summed E-state index contributed by atoms with van der Waals surface area (Å²) in [6, 6.07) is 16.5. The summed E-state index contributed by atoms with van der Waals surface area (Å²) in [6.07, 6.45) is 6.20. The number of rotatable bonds is 12. The Hall–Kier alpha value is -2.16. The van der Waals surface area contributed by atoms with Gasteiger partial charge in [0, 0.05) is 12.2 Å². The van der Waals surface area contributed by atoms with E-state index in [1.165, 1.54) is 24.8 Å². The van der Waals surface area contributed by atoms with Crippen molar-refractivity contribution in [2.24, 2.45) is 0 Å². The van der Waals surface area contributed by atoms with Gasteiger partial charge in [0.2, 0.25) is 0 Å². The largest absolute Gasteiger partial charge is 0.494 e. The van der Waals surface area contributed by atoms with Gasteiger partial charge < -0.3 is 14.8 Å². The topological polar surface area (TPSA) is 30.5 Å². The van der Waals surface area contributed by atoms with Gasteiger partial charge in [-0.1, -0.05) is 45.2 Å². The standard InChI is InChI=1S/C23H33NO2/c1-4-6-7-8-17-25-22-13-9-20(10-14-22)18-24-21-11-15-23(16-12-21)26-19(3)5-2/h9-16,19,24H,4-8,17-18H2,1-3H3. The van der Waals surface area contributed by atoms with Gasteiger partial charge in [0.25, 0.3) is 0 Å². The molecule has 0 aliphatic heterocycles. The highest BCUT2D eigenvalue weighted by atomic mass is 16.5. The first-order chi connectivity index (χ1) is 12.7. The van der Waals surface area contributed by atoms with Crippen LogP contribution < -0.4 is 14.8 Å². The molecular weight excluding hydrogens is 322 g/mol. The molecule has 0 bridgehead atoms. The van der Waals surface area contributed by atoms with Crippen LogP contribution in [0.3, 0.4) is 0 Å². The highest BCUT2D eigenvalue weighted by Crippen LogP contribution is 2.19. The molecule has 1 atom stereocenters. The lowest BCUT2D eigenvalue weighted by Crippen LogP contribution is -2.09. The van der Waals surface area contributed by atoms with Crippen LogP contribution in [0.25, 0.3) is 0 Å². The fourth-order valence-electron chi connectivity index (χ4n) is 2.59. The normalized spacial score (nSPS) is 11.8. The number of benzene rings is 2. The highest BCUT2D eigenvalue weighted by molar-refractivity contribution is 5.47. The Bertz CT molecular complexity index is 607. The Labute approximate surface area is 158 Å². The van der Waals surface area contributed by atoms with Gasteiger partial charge in [-0.05, 0) is 61.7 Å². The van der Waals surface area contributed by atoms with Crippen molar-refractivity contribution in [2.75, 3.05) is 11.9 Å². The van der Waals surface area contributed by atoms with Crippen molar-refractivity contribution in [3.63, 3.8) is 0 Å². The summed E-state index contributed by atoms with van der Waals surface area (Å²) in [7, 11) is 0. The zero-order valence-corrected chi connectivity index (χ0v) is 16.5. The Morgan fingerprint density at radius 3 is 2.19 bits per heavy atom. The molecule has 3 nitrogen and oxygen atoms in total. The van der Waals surface area contributed by atoms with Crippen LogP contribution in [0, 0.1) is 0 Å². The molecule has 3 heteroatoms. The lowest BCUT2D eigenvalue weighted by Gasteiger charge is -2.13. The maximum atomic E-state index is 5.81.